The van der Waals surface area contributed by atoms with E-state index >= 15 is 0 Å². The molecule has 0 saturated carbocycles. The maximum absolute atomic E-state index is 12.9. The van der Waals surface area contributed by atoms with Crippen molar-refractivity contribution in [2.24, 2.45) is 10.9 Å². The highest BCUT2D eigenvalue weighted by atomic mass is 35.5. The lowest BCUT2D eigenvalue weighted by Gasteiger charge is -2.30. The number of thiazole rings is 1. The van der Waals surface area contributed by atoms with E-state index in [2.05, 4.69) is 11.9 Å². The molecule has 164 valence electrons. The molecule has 9 heteroatoms. The zero-order valence-electron chi connectivity index (χ0n) is 17.4. The highest BCUT2D eigenvalue weighted by molar-refractivity contribution is 7.89. The SMILES string of the molecule is CCn1c(=NC(=O)c2ccc(S(=O)(=O)N3CCCC(C)C3)cc2)sc2cccc(Cl)c21. The fraction of sp³-hybridized carbons (Fsp3) is 0.364. The molecule has 0 N–H and O–H groups in total. The van der Waals surface area contributed by atoms with Crippen molar-refractivity contribution in [3.05, 3.63) is 57.9 Å². The standard InChI is InChI=1S/C22H24ClN3O3S2/c1-3-26-20-18(23)7-4-8-19(20)30-22(26)24-21(27)16-9-11-17(12-10-16)31(28,29)25-13-5-6-15(2)14-25/h4,7-12,15H,3,5-6,13-14H2,1-2H3. The Hall–Kier alpha value is -2.00. The maximum atomic E-state index is 12.9. The van der Waals surface area contributed by atoms with Gasteiger partial charge in [0.1, 0.15) is 0 Å². The van der Waals surface area contributed by atoms with Gasteiger partial charge < -0.3 is 4.57 Å². The third-order valence-corrected chi connectivity index (χ3v) is 8.75. The summed E-state index contributed by atoms with van der Waals surface area (Å²) in [6.45, 7) is 5.73. The molecule has 3 aromatic rings. The number of halogens is 1. The number of carbonyl (C=O) groups excluding carboxylic acids is 1. The molecule has 4 rings (SSSR count). The third kappa shape index (κ3) is 4.35. The molecule has 1 saturated heterocycles. The Morgan fingerprint density at radius 1 is 1.23 bits per heavy atom. The van der Waals surface area contributed by atoms with Gasteiger partial charge in [0.25, 0.3) is 5.91 Å². The Bertz CT molecular complexity index is 1290. The van der Waals surface area contributed by atoms with Crippen LogP contribution in [-0.4, -0.2) is 36.3 Å². The van der Waals surface area contributed by atoms with Gasteiger partial charge in [0.05, 0.1) is 20.1 Å². The molecule has 0 bridgehead atoms. The number of carbonyl (C=O) groups is 1. The molecule has 6 nitrogen and oxygen atoms in total. The van der Waals surface area contributed by atoms with Crippen molar-refractivity contribution >= 4 is 49.1 Å². The molecule has 1 fully saturated rings. The van der Waals surface area contributed by atoms with Gasteiger partial charge in [-0.05, 0) is 62.1 Å². The summed E-state index contributed by atoms with van der Waals surface area (Å²) in [5.74, 6) is -0.0660. The first-order chi connectivity index (χ1) is 14.8. The molecule has 1 atom stereocenters. The van der Waals surface area contributed by atoms with E-state index in [0.29, 0.717) is 40.9 Å². The van der Waals surface area contributed by atoms with Crippen LogP contribution in [0.2, 0.25) is 5.02 Å². The molecule has 2 heterocycles. The van der Waals surface area contributed by atoms with Gasteiger partial charge in [-0.1, -0.05) is 35.9 Å². The number of rotatable bonds is 4. The molecule has 1 aliphatic rings. The number of sulfonamides is 1. The molecular formula is C22H24ClN3O3S2. The number of hydrogen-bond acceptors (Lipinski definition) is 4. The van der Waals surface area contributed by atoms with E-state index in [9.17, 15) is 13.2 Å². The van der Waals surface area contributed by atoms with Crippen LogP contribution in [-0.2, 0) is 16.6 Å². The summed E-state index contributed by atoms with van der Waals surface area (Å²) >= 11 is 7.74. The van der Waals surface area contributed by atoms with Gasteiger partial charge in [-0.3, -0.25) is 4.79 Å². The molecule has 1 aliphatic heterocycles. The number of hydrogen-bond donors (Lipinski definition) is 0. The van der Waals surface area contributed by atoms with E-state index in [0.717, 1.165) is 23.1 Å². The van der Waals surface area contributed by atoms with Gasteiger partial charge >= 0.3 is 0 Å². The number of benzene rings is 2. The predicted molar refractivity (Wildman–Crippen MR) is 124 cm³/mol. The fourth-order valence-corrected chi connectivity index (χ4v) is 6.95. The second-order valence-corrected chi connectivity index (χ2v) is 11.1. The van der Waals surface area contributed by atoms with Crippen LogP contribution in [0.15, 0.2) is 52.4 Å². The van der Waals surface area contributed by atoms with Crippen molar-refractivity contribution in [2.75, 3.05) is 13.1 Å². The van der Waals surface area contributed by atoms with Crippen molar-refractivity contribution in [2.45, 2.75) is 38.1 Å². The van der Waals surface area contributed by atoms with E-state index in [1.807, 2.05) is 29.7 Å². The molecule has 0 radical (unpaired) electrons. The zero-order valence-corrected chi connectivity index (χ0v) is 19.8. The van der Waals surface area contributed by atoms with Crippen LogP contribution >= 0.6 is 22.9 Å². The summed E-state index contributed by atoms with van der Waals surface area (Å²) in [6.07, 6.45) is 1.91. The third-order valence-electron chi connectivity index (χ3n) is 5.52. The van der Waals surface area contributed by atoms with Crippen molar-refractivity contribution in [3.63, 3.8) is 0 Å². The van der Waals surface area contributed by atoms with E-state index in [-0.39, 0.29) is 4.90 Å². The second-order valence-electron chi connectivity index (χ2n) is 7.77. The largest absolute Gasteiger partial charge is 0.315 e. The van der Waals surface area contributed by atoms with E-state index in [1.165, 1.54) is 39.9 Å². The summed E-state index contributed by atoms with van der Waals surface area (Å²) in [4.78, 5) is 17.8. The number of amides is 1. The Morgan fingerprint density at radius 3 is 2.65 bits per heavy atom. The lowest BCUT2D eigenvalue weighted by Crippen LogP contribution is -2.39. The van der Waals surface area contributed by atoms with Crippen LogP contribution in [0.25, 0.3) is 10.2 Å². The average Bonchev–Trinajstić information content (AvgIpc) is 3.12. The van der Waals surface area contributed by atoms with Crippen LogP contribution in [0.3, 0.4) is 0 Å². The normalized spacial score (nSPS) is 18.5. The minimum atomic E-state index is -3.55. The summed E-state index contributed by atoms with van der Waals surface area (Å²) in [5, 5.41) is 0.617. The molecule has 1 amide bonds. The predicted octanol–water partition coefficient (Wildman–Crippen LogP) is 4.54. The second kappa shape index (κ2) is 8.86. The molecular weight excluding hydrogens is 454 g/mol. The molecule has 2 aromatic carbocycles. The lowest BCUT2D eigenvalue weighted by atomic mass is 10.0. The average molecular weight is 478 g/mol. The van der Waals surface area contributed by atoms with E-state index in [1.54, 1.807) is 0 Å². The Labute approximate surface area is 190 Å². The quantitative estimate of drug-likeness (QED) is 0.553. The first-order valence-electron chi connectivity index (χ1n) is 10.3. The number of aryl methyl sites for hydroxylation is 1. The van der Waals surface area contributed by atoms with Crippen LogP contribution in [0.4, 0.5) is 0 Å². The van der Waals surface area contributed by atoms with Crippen LogP contribution in [0.1, 0.15) is 37.0 Å². The summed E-state index contributed by atoms with van der Waals surface area (Å²) in [5.41, 5.74) is 1.21. The maximum Gasteiger partial charge on any atom is 0.279 e. The first kappa shape index (κ1) is 22.2. The van der Waals surface area contributed by atoms with Gasteiger partial charge in [0, 0.05) is 25.2 Å². The highest BCUT2D eigenvalue weighted by Gasteiger charge is 2.28. The van der Waals surface area contributed by atoms with Crippen LogP contribution < -0.4 is 4.80 Å². The Kier molecular flexibility index (Phi) is 6.35. The number of fused-ring (bicyclic) bond motifs is 1. The number of aromatic nitrogens is 1. The summed E-state index contributed by atoms with van der Waals surface area (Å²) in [6, 6.07) is 11.7. The van der Waals surface area contributed by atoms with Crippen LogP contribution in [0, 0.1) is 5.92 Å². The van der Waals surface area contributed by atoms with Crippen molar-refractivity contribution in [3.8, 4) is 0 Å². The van der Waals surface area contributed by atoms with E-state index < -0.39 is 15.9 Å². The molecule has 1 aromatic heterocycles. The fourth-order valence-electron chi connectivity index (χ4n) is 3.90. The van der Waals surface area contributed by atoms with Gasteiger partial charge in [-0.2, -0.15) is 9.30 Å². The monoisotopic (exact) mass is 477 g/mol. The van der Waals surface area contributed by atoms with Crippen molar-refractivity contribution in [1.29, 1.82) is 0 Å². The first-order valence-corrected chi connectivity index (χ1v) is 12.9. The number of para-hydroxylation sites is 1. The molecule has 0 aliphatic carbocycles. The number of piperidine rings is 1. The molecule has 0 spiro atoms. The van der Waals surface area contributed by atoms with Gasteiger partial charge in [0.2, 0.25) is 10.0 Å². The minimum Gasteiger partial charge on any atom is -0.315 e. The highest BCUT2D eigenvalue weighted by Crippen LogP contribution is 2.26. The topological polar surface area (TPSA) is 71.7 Å². The zero-order chi connectivity index (χ0) is 22.2. The molecule has 31 heavy (non-hydrogen) atoms. The summed E-state index contributed by atoms with van der Waals surface area (Å²) < 4.78 is 30.3. The lowest BCUT2D eigenvalue weighted by molar-refractivity contribution is 0.0997. The van der Waals surface area contributed by atoms with Gasteiger partial charge in [0.15, 0.2) is 4.80 Å². The smallest absolute Gasteiger partial charge is 0.279 e. The Balaban J connectivity index is 1.64. The molecule has 1 unspecified atom stereocenters. The minimum absolute atomic E-state index is 0.204. The van der Waals surface area contributed by atoms with Crippen molar-refractivity contribution in [1.82, 2.24) is 8.87 Å². The van der Waals surface area contributed by atoms with E-state index in [4.69, 9.17) is 11.6 Å². The number of nitrogens with zero attached hydrogens (tertiary/aromatic N) is 3. The van der Waals surface area contributed by atoms with Gasteiger partial charge in [-0.25, -0.2) is 8.42 Å². The van der Waals surface area contributed by atoms with Gasteiger partial charge in [-0.15, -0.1) is 0 Å². The Morgan fingerprint density at radius 2 is 1.97 bits per heavy atom. The van der Waals surface area contributed by atoms with Crippen LogP contribution in [0.5, 0.6) is 0 Å². The van der Waals surface area contributed by atoms with Crippen molar-refractivity contribution < 1.29 is 13.2 Å². The summed E-state index contributed by atoms with van der Waals surface area (Å²) in [7, 11) is -3.55.